The molecule has 3 aromatic carbocycles. The number of nitrogens with one attached hydrogen (secondary N) is 1. The third kappa shape index (κ3) is 8.64. The number of amides is 3. The molecule has 3 aromatic rings. The molecule has 3 rings (SSSR count). The zero-order valence-electron chi connectivity index (χ0n) is 25.9. The lowest BCUT2D eigenvalue weighted by molar-refractivity contribution is 0.0751. The molecule has 0 radical (unpaired) electrons. The van der Waals surface area contributed by atoms with E-state index >= 15 is 0 Å². The second-order valence-corrected chi connectivity index (χ2v) is 10.9. The van der Waals surface area contributed by atoms with Crippen LogP contribution >= 0.6 is 0 Å². The third-order valence-electron chi connectivity index (χ3n) is 7.58. The summed E-state index contributed by atoms with van der Waals surface area (Å²) in [6.07, 6.45) is 0.293. The Morgan fingerprint density at radius 2 is 1.64 bits per heavy atom. The SMILES string of the molecule is CCCN(CCC)C(=O)c1cc(C(N)=O)cc(C(N)=O)c1[C@H](Cc1ccc(C)c(F)c1)[C@@H](O)CNCc1cccc(OC)c1. The van der Waals surface area contributed by atoms with Gasteiger partial charge < -0.3 is 31.5 Å². The summed E-state index contributed by atoms with van der Waals surface area (Å²) >= 11 is 0. The van der Waals surface area contributed by atoms with Gasteiger partial charge in [0.1, 0.15) is 11.6 Å². The van der Waals surface area contributed by atoms with Gasteiger partial charge in [0.15, 0.2) is 0 Å². The first-order valence-corrected chi connectivity index (χ1v) is 14.8. The van der Waals surface area contributed by atoms with Crippen LogP contribution in [0.5, 0.6) is 5.75 Å². The van der Waals surface area contributed by atoms with E-state index in [2.05, 4.69) is 5.32 Å². The first-order valence-electron chi connectivity index (χ1n) is 14.8. The number of ether oxygens (including phenoxy) is 1. The van der Waals surface area contributed by atoms with Crippen LogP contribution in [0, 0.1) is 12.7 Å². The van der Waals surface area contributed by atoms with Crippen molar-refractivity contribution < 1.29 is 28.6 Å². The Hall–Kier alpha value is -4.28. The second-order valence-electron chi connectivity index (χ2n) is 10.9. The number of aryl methyl sites for hydroxylation is 1. The van der Waals surface area contributed by atoms with Crippen LogP contribution in [0.1, 0.15) is 85.9 Å². The van der Waals surface area contributed by atoms with Gasteiger partial charge in [0, 0.05) is 48.8 Å². The number of methoxy groups -OCH3 is 1. The molecule has 0 bridgehead atoms. The van der Waals surface area contributed by atoms with Crippen LogP contribution in [0.4, 0.5) is 4.39 Å². The van der Waals surface area contributed by atoms with E-state index in [1.54, 1.807) is 31.1 Å². The van der Waals surface area contributed by atoms with E-state index in [1.807, 2.05) is 38.1 Å². The molecule has 0 saturated carbocycles. The van der Waals surface area contributed by atoms with Gasteiger partial charge in [-0.05, 0) is 78.8 Å². The standard InChI is InChI=1S/C34H43FN4O5/c1-5-12-39(13-6-2)34(43)28-18-24(32(36)41)17-27(33(37)42)31(28)26(15-22-11-10-21(3)29(35)16-22)30(40)20-38-19-23-8-7-9-25(14-23)44-4/h7-11,14,16-18,26,30,38,40H,5-6,12-13,15,19-20H2,1-4H3,(H2,36,41)(H2,37,42)/t26-,30+/m1/s1. The van der Waals surface area contributed by atoms with Gasteiger partial charge in [-0.2, -0.15) is 0 Å². The summed E-state index contributed by atoms with van der Waals surface area (Å²) in [7, 11) is 1.58. The molecule has 236 valence electrons. The van der Waals surface area contributed by atoms with Gasteiger partial charge in [0.25, 0.3) is 5.91 Å². The molecule has 0 saturated heterocycles. The number of carbonyl (C=O) groups excluding carboxylic acids is 3. The second kappa shape index (κ2) is 16.0. The Morgan fingerprint density at radius 3 is 2.23 bits per heavy atom. The molecular formula is C34H43FN4O5. The quantitative estimate of drug-likeness (QED) is 0.193. The highest BCUT2D eigenvalue weighted by atomic mass is 19.1. The normalized spacial score (nSPS) is 12.4. The number of hydrogen-bond donors (Lipinski definition) is 4. The summed E-state index contributed by atoms with van der Waals surface area (Å²) in [5.74, 6) is -2.74. The minimum Gasteiger partial charge on any atom is -0.497 e. The number of primary amides is 2. The molecule has 3 amide bonds. The molecule has 0 unspecified atom stereocenters. The average molecular weight is 607 g/mol. The number of nitrogens with zero attached hydrogens (tertiary/aromatic N) is 1. The van der Waals surface area contributed by atoms with Crippen LogP contribution in [0.25, 0.3) is 0 Å². The van der Waals surface area contributed by atoms with Crippen LogP contribution in [0.3, 0.4) is 0 Å². The van der Waals surface area contributed by atoms with E-state index in [-0.39, 0.29) is 35.2 Å². The molecular weight excluding hydrogens is 563 g/mol. The van der Waals surface area contributed by atoms with E-state index in [4.69, 9.17) is 16.2 Å². The average Bonchev–Trinajstić information content (AvgIpc) is 3.00. The molecule has 2 atom stereocenters. The maximum Gasteiger partial charge on any atom is 0.254 e. The number of benzene rings is 3. The van der Waals surface area contributed by atoms with Crippen molar-refractivity contribution in [2.45, 2.75) is 58.6 Å². The molecule has 9 nitrogen and oxygen atoms in total. The van der Waals surface area contributed by atoms with Crippen molar-refractivity contribution in [1.82, 2.24) is 10.2 Å². The molecule has 0 aromatic heterocycles. The zero-order valence-corrected chi connectivity index (χ0v) is 25.9. The van der Waals surface area contributed by atoms with Crippen LogP contribution < -0.4 is 21.5 Å². The van der Waals surface area contributed by atoms with Crippen molar-refractivity contribution in [1.29, 1.82) is 0 Å². The predicted octanol–water partition coefficient (Wildman–Crippen LogP) is 4.08. The van der Waals surface area contributed by atoms with Gasteiger partial charge in [-0.25, -0.2) is 4.39 Å². The molecule has 0 aliphatic carbocycles. The predicted molar refractivity (Wildman–Crippen MR) is 168 cm³/mol. The third-order valence-corrected chi connectivity index (χ3v) is 7.58. The summed E-state index contributed by atoms with van der Waals surface area (Å²) in [6, 6.07) is 14.8. The van der Waals surface area contributed by atoms with Gasteiger partial charge in [-0.15, -0.1) is 0 Å². The van der Waals surface area contributed by atoms with Gasteiger partial charge in [0.05, 0.1) is 13.2 Å². The molecule has 6 N–H and O–H groups in total. The molecule has 0 aliphatic heterocycles. The minimum absolute atomic E-state index is 0.0513. The van der Waals surface area contributed by atoms with Gasteiger partial charge >= 0.3 is 0 Å². The summed E-state index contributed by atoms with van der Waals surface area (Å²) in [5, 5.41) is 14.9. The fraction of sp³-hybridized carbons (Fsp3) is 0.382. The number of rotatable bonds is 16. The van der Waals surface area contributed by atoms with Crippen molar-refractivity contribution in [3.63, 3.8) is 0 Å². The lowest BCUT2D eigenvalue weighted by Crippen LogP contribution is -2.38. The fourth-order valence-corrected chi connectivity index (χ4v) is 5.34. The summed E-state index contributed by atoms with van der Waals surface area (Å²) in [6.45, 7) is 6.88. The summed E-state index contributed by atoms with van der Waals surface area (Å²) < 4.78 is 19.9. The largest absolute Gasteiger partial charge is 0.497 e. The first-order chi connectivity index (χ1) is 21.0. The number of carbonyl (C=O) groups is 3. The van der Waals surface area contributed by atoms with Crippen molar-refractivity contribution in [3.8, 4) is 5.75 Å². The summed E-state index contributed by atoms with van der Waals surface area (Å²) in [4.78, 5) is 40.9. The molecule has 0 spiro atoms. The first kappa shape index (κ1) is 34.2. The topological polar surface area (TPSA) is 148 Å². The highest BCUT2D eigenvalue weighted by Crippen LogP contribution is 2.33. The molecule has 10 heteroatoms. The fourth-order valence-electron chi connectivity index (χ4n) is 5.34. The number of halogens is 1. The van der Waals surface area contributed by atoms with Crippen LogP contribution in [-0.2, 0) is 13.0 Å². The number of aliphatic hydroxyl groups is 1. The Morgan fingerprint density at radius 1 is 0.955 bits per heavy atom. The van der Waals surface area contributed by atoms with Crippen molar-refractivity contribution >= 4 is 17.7 Å². The van der Waals surface area contributed by atoms with Crippen LogP contribution in [0.15, 0.2) is 54.6 Å². The van der Waals surface area contributed by atoms with Gasteiger partial charge in [0.2, 0.25) is 11.8 Å². The smallest absolute Gasteiger partial charge is 0.254 e. The lowest BCUT2D eigenvalue weighted by atomic mass is 9.80. The van der Waals surface area contributed by atoms with Gasteiger partial charge in [-0.3, -0.25) is 14.4 Å². The Kier molecular flexibility index (Phi) is 12.4. The van der Waals surface area contributed by atoms with Crippen molar-refractivity contribution in [3.05, 3.63) is 99.4 Å². The van der Waals surface area contributed by atoms with E-state index in [9.17, 15) is 23.9 Å². The van der Waals surface area contributed by atoms with E-state index in [0.717, 1.165) is 5.56 Å². The Bertz CT molecular complexity index is 1470. The maximum absolute atomic E-state index is 14.6. The van der Waals surface area contributed by atoms with E-state index in [1.165, 1.54) is 18.2 Å². The molecule has 0 fully saturated rings. The Labute approximate surface area is 258 Å². The molecule has 44 heavy (non-hydrogen) atoms. The lowest BCUT2D eigenvalue weighted by Gasteiger charge is -2.30. The van der Waals surface area contributed by atoms with E-state index < -0.39 is 35.6 Å². The summed E-state index contributed by atoms with van der Waals surface area (Å²) in [5.41, 5.74) is 13.5. The van der Waals surface area contributed by atoms with Crippen molar-refractivity contribution in [2.75, 3.05) is 26.7 Å². The van der Waals surface area contributed by atoms with Crippen molar-refractivity contribution in [2.24, 2.45) is 11.5 Å². The van der Waals surface area contributed by atoms with Crippen LogP contribution in [0.2, 0.25) is 0 Å². The number of hydrogen-bond acceptors (Lipinski definition) is 6. The minimum atomic E-state index is -1.15. The Balaban J connectivity index is 2.16. The molecule has 0 aliphatic rings. The zero-order chi connectivity index (χ0) is 32.4. The van der Waals surface area contributed by atoms with E-state index in [0.29, 0.717) is 49.4 Å². The van der Waals surface area contributed by atoms with Gasteiger partial charge in [-0.1, -0.05) is 38.1 Å². The monoisotopic (exact) mass is 606 g/mol. The van der Waals surface area contributed by atoms with Crippen LogP contribution in [-0.4, -0.2) is 60.6 Å². The number of aliphatic hydroxyl groups excluding tert-OH is 1. The number of nitrogens with two attached hydrogens (primary N) is 2. The molecule has 0 heterocycles. The highest BCUT2D eigenvalue weighted by molar-refractivity contribution is 6.06. The highest BCUT2D eigenvalue weighted by Gasteiger charge is 2.33. The maximum atomic E-state index is 14.6.